The zero-order valence-electron chi connectivity index (χ0n) is 15.7. The van der Waals surface area contributed by atoms with E-state index in [4.69, 9.17) is 4.74 Å². The van der Waals surface area contributed by atoms with Gasteiger partial charge in [-0.1, -0.05) is 0 Å². The molecule has 0 aliphatic carbocycles. The molecular weight excluding hydrogens is 351 g/mol. The van der Waals surface area contributed by atoms with Crippen LogP contribution in [0.4, 0.5) is 9.18 Å². The Bertz CT molecular complexity index is 820. The van der Waals surface area contributed by atoms with Gasteiger partial charge in [0.2, 0.25) is 0 Å². The van der Waals surface area contributed by atoms with E-state index in [0.717, 1.165) is 57.4 Å². The standard InChI is InChI=1S/C12H14FN3O.C7H13NO2/c13-8-1-2-11-10(7-8)15-12(17)16(11)9-3-5-14-6-4-9;1-2-10-7(9)8-5-3-4-6-8/h1-2,7,9,14H,3-6H2,(H,15,17);2-6H2,1H3. The third-order valence-corrected chi connectivity index (χ3v) is 4.98. The Morgan fingerprint density at radius 1 is 1.26 bits per heavy atom. The highest BCUT2D eigenvalue weighted by molar-refractivity contribution is 5.75. The number of ether oxygens (including phenoxy) is 1. The molecule has 2 aliphatic heterocycles. The maximum absolute atomic E-state index is 13.1. The Hall–Kier alpha value is -2.35. The maximum atomic E-state index is 13.1. The van der Waals surface area contributed by atoms with E-state index in [1.54, 1.807) is 15.5 Å². The molecule has 1 aromatic carbocycles. The highest BCUT2D eigenvalue weighted by Crippen LogP contribution is 2.22. The monoisotopic (exact) mass is 378 g/mol. The lowest BCUT2D eigenvalue weighted by molar-refractivity contribution is 0.116. The smallest absolute Gasteiger partial charge is 0.409 e. The molecular formula is C19H27FN4O3. The van der Waals surface area contributed by atoms with Crippen LogP contribution in [-0.2, 0) is 4.74 Å². The lowest BCUT2D eigenvalue weighted by Crippen LogP contribution is -2.33. The second kappa shape index (κ2) is 9.03. The Morgan fingerprint density at radius 2 is 1.96 bits per heavy atom. The minimum absolute atomic E-state index is 0.141. The molecule has 1 amide bonds. The van der Waals surface area contributed by atoms with Crippen molar-refractivity contribution in [2.45, 2.75) is 38.6 Å². The summed E-state index contributed by atoms with van der Waals surface area (Å²) in [5, 5.41) is 3.27. The fourth-order valence-electron chi connectivity index (χ4n) is 3.65. The number of amides is 1. The zero-order valence-corrected chi connectivity index (χ0v) is 15.7. The van der Waals surface area contributed by atoms with Crippen molar-refractivity contribution in [1.29, 1.82) is 0 Å². The van der Waals surface area contributed by atoms with Gasteiger partial charge >= 0.3 is 11.8 Å². The predicted molar refractivity (Wildman–Crippen MR) is 101 cm³/mol. The minimum Gasteiger partial charge on any atom is -0.450 e. The molecule has 27 heavy (non-hydrogen) atoms. The summed E-state index contributed by atoms with van der Waals surface area (Å²) in [6, 6.07) is 4.65. The van der Waals surface area contributed by atoms with E-state index >= 15 is 0 Å². The van der Waals surface area contributed by atoms with Crippen molar-refractivity contribution in [3.8, 4) is 0 Å². The van der Waals surface area contributed by atoms with E-state index in [2.05, 4.69) is 10.3 Å². The van der Waals surface area contributed by atoms with Gasteiger partial charge in [-0.15, -0.1) is 0 Å². The Kier molecular flexibility index (Phi) is 6.49. The second-order valence-corrected chi connectivity index (χ2v) is 6.84. The number of fused-ring (bicyclic) bond motifs is 1. The van der Waals surface area contributed by atoms with Gasteiger partial charge in [0.1, 0.15) is 5.82 Å². The summed E-state index contributed by atoms with van der Waals surface area (Å²) in [5.41, 5.74) is 1.23. The molecule has 0 radical (unpaired) electrons. The Morgan fingerprint density at radius 3 is 2.63 bits per heavy atom. The van der Waals surface area contributed by atoms with Gasteiger partial charge in [-0.2, -0.15) is 0 Å². The number of imidazole rings is 1. The molecule has 7 nitrogen and oxygen atoms in total. The highest BCUT2D eigenvalue weighted by Gasteiger charge is 2.19. The molecule has 0 saturated carbocycles. The number of nitrogens with zero attached hydrogens (tertiary/aromatic N) is 2. The molecule has 148 valence electrons. The largest absolute Gasteiger partial charge is 0.450 e. The average molecular weight is 378 g/mol. The summed E-state index contributed by atoms with van der Waals surface area (Å²) >= 11 is 0. The summed E-state index contributed by atoms with van der Waals surface area (Å²) < 4.78 is 19.7. The van der Waals surface area contributed by atoms with Gasteiger partial charge in [0.05, 0.1) is 17.6 Å². The van der Waals surface area contributed by atoms with E-state index in [0.29, 0.717) is 12.1 Å². The quantitative estimate of drug-likeness (QED) is 0.842. The van der Waals surface area contributed by atoms with E-state index in [9.17, 15) is 14.0 Å². The molecule has 1 aromatic heterocycles. The van der Waals surface area contributed by atoms with Crippen LogP contribution in [0.3, 0.4) is 0 Å². The summed E-state index contributed by atoms with van der Waals surface area (Å²) in [5.74, 6) is -0.323. The summed E-state index contributed by atoms with van der Waals surface area (Å²) in [6.45, 7) is 5.90. The molecule has 8 heteroatoms. The number of halogens is 1. The van der Waals surface area contributed by atoms with Gasteiger partial charge in [0.15, 0.2) is 0 Å². The number of carbonyl (C=O) groups excluding carboxylic acids is 1. The lowest BCUT2D eigenvalue weighted by atomic mass is 10.1. The zero-order chi connectivity index (χ0) is 19.2. The first kappa shape index (κ1) is 19.4. The van der Waals surface area contributed by atoms with Crippen LogP contribution in [0.5, 0.6) is 0 Å². The number of piperidine rings is 1. The number of nitrogens with one attached hydrogen (secondary N) is 2. The summed E-state index contributed by atoms with van der Waals surface area (Å²) in [6.07, 6.45) is 3.96. The van der Waals surface area contributed by atoms with Crippen molar-refractivity contribution in [3.05, 3.63) is 34.5 Å². The Labute approximate surface area is 157 Å². The van der Waals surface area contributed by atoms with Crippen LogP contribution >= 0.6 is 0 Å². The normalized spacial score (nSPS) is 17.6. The first-order valence-electron chi connectivity index (χ1n) is 9.62. The van der Waals surface area contributed by atoms with Crippen molar-refractivity contribution in [3.63, 3.8) is 0 Å². The first-order valence-corrected chi connectivity index (χ1v) is 9.62. The van der Waals surface area contributed by atoms with Gasteiger partial charge in [-0.05, 0) is 63.9 Å². The molecule has 2 saturated heterocycles. The number of rotatable bonds is 2. The predicted octanol–water partition coefficient (Wildman–Crippen LogP) is 2.63. The number of aromatic amines is 1. The molecule has 4 rings (SSSR count). The molecule has 2 fully saturated rings. The molecule has 2 N–H and O–H groups in total. The molecule has 0 spiro atoms. The average Bonchev–Trinajstić information content (AvgIpc) is 3.30. The van der Waals surface area contributed by atoms with Crippen LogP contribution in [-0.4, -0.2) is 53.3 Å². The van der Waals surface area contributed by atoms with E-state index in [1.807, 2.05) is 6.92 Å². The van der Waals surface area contributed by atoms with Gasteiger partial charge < -0.3 is 19.9 Å². The van der Waals surface area contributed by atoms with Crippen LogP contribution in [0.25, 0.3) is 11.0 Å². The fourth-order valence-corrected chi connectivity index (χ4v) is 3.65. The number of hydrogen-bond acceptors (Lipinski definition) is 4. The van der Waals surface area contributed by atoms with Crippen molar-refractivity contribution >= 4 is 17.1 Å². The Balaban J connectivity index is 0.000000180. The van der Waals surface area contributed by atoms with Gasteiger partial charge in [-0.25, -0.2) is 14.0 Å². The van der Waals surface area contributed by atoms with Gasteiger partial charge in [0.25, 0.3) is 0 Å². The van der Waals surface area contributed by atoms with Crippen molar-refractivity contribution in [2.75, 3.05) is 32.8 Å². The third kappa shape index (κ3) is 4.68. The van der Waals surface area contributed by atoms with Crippen LogP contribution in [0.15, 0.2) is 23.0 Å². The third-order valence-electron chi connectivity index (χ3n) is 4.98. The molecule has 3 heterocycles. The summed E-state index contributed by atoms with van der Waals surface area (Å²) in [4.78, 5) is 27.3. The van der Waals surface area contributed by atoms with Crippen LogP contribution in [0.2, 0.25) is 0 Å². The van der Waals surface area contributed by atoms with Crippen LogP contribution in [0.1, 0.15) is 38.6 Å². The van der Waals surface area contributed by atoms with Gasteiger partial charge in [-0.3, -0.25) is 4.57 Å². The van der Waals surface area contributed by atoms with Crippen molar-refractivity contribution in [2.24, 2.45) is 0 Å². The van der Waals surface area contributed by atoms with Crippen LogP contribution < -0.4 is 11.0 Å². The van der Waals surface area contributed by atoms with E-state index in [-0.39, 0.29) is 23.6 Å². The number of aromatic nitrogens is 2. The van der Waals surface area contributed by atoms with E-state index < -0.39 is 0 Å². The number of likely N-dealkylation sites (tertiary alicyclic amines) is 1. The number of carbonyl (C=O) groups is 1. The molecule has 0 bridgehead atoms. The SMILES string of the molecule is CCOC(=O)N1CCCC1.O=c1[nH]c2cc(F)ccc2n1C1CCNCC1. The van der Waals surface area contributed by atoms with E-state index in [1.165, 1.54) is 12.1 Å². The summed E-state index contributed by atoms with van der Waals surface area (Å²) in [7, 11) is 0. The number of H-pyrrole nitrogens is 1. The second-order valence-electron chi connectivity index (χ2n) is 6.84. The molecule has 2 aliphatic rings. The maximum Gasteiger partial charge on any atom is 0.409 e. The highest BCUT2D eigenvalue weighted by atomic mass is 19.1. The van der Waals surface area contributed by atoms with Crippen molar-refractivity contribution in [1.82, 2.24) is 19.8 Å². The lowest BCUT2D eigenvalue weighted by Gasteiger charge is -2.23. The molecule has 0 atom stereocenters. The molecule has 0 unspecified atom stereocenters. The van der Waals surface area contributed by atoms with Gasteiger partial charge in [0, 0.05) is 19.1 Å². The fraction of sp³-hybridized carbons (Fsp3) is 0.579. The topological polar surface area (TPSA) is 79.4 Å². The minimum atomic E-state index is -0.323. The van der Waals surface area contributed by atoms with Crippen molar-refractivity contribution < 1.29 is 13.9 Å². The first-order chi connectivity index (χ1) is 13.1. The number of hydrogen-bond donors (Lipinski definition) is 2. The molecule has 2 aromatic rings. The van der Waals surface area contributed by atoms with Crippen LogP contribution in [0, 0.1) is 5.82 Å². The number of benzene rings is 1.